The Bertz CT molecular complexity index is 911. The van der Waals surface area contributed by atoms with Gasteiger partial charge in [-0.15, -0.1) is 5.10 Å². The second-order valence-corrected chi connectivity index (χ2v) is 5.59. The molecule has 8 heteroatoms. The molecule has 3 rings (SSSR count). The number of hydrogen-bond donors (Lipinski definition) is 1. The van der Waals surface area contributed by atoms with Crippen molar-refractivity contribution in [2.45, 2.75) is 13.8 Å². The maximum absolute atomic E-state index is 12.0. The number of nitrogens with zero attached hydrogens (tertiary/aromatic N) is 2. The Morgan fingerprint density at radius 3 is 2.46 bits per heavy atom. The summed E-state index contributed by atoms with van der Waals surface area (Å²) in [6, 6.07) is 14.3. The Morgan fingerprint density at radius 1 is 0.964 bits per heavy atom. The van der Waals surface area contributed by atoms with Gasteiger partial charge in [0.2, 0.25) is 5.89 Å². The average molecular weight is 383 g/mol. The summed E-state index contributed by atoms with van der Waals surface area (Å²) in [6.07, 6.45) is 0. The molecule has 1 N–H and O–H groups in total. The lowest BCUT2D eigenvalue weighted by atomic mass is 10.2. The molecule has 0 unspecified atom stereocenters. The van der Waals surface area contributed by atoms with Crippen LogP contribution in [0.1, 0.15) is 13.8 Å². The predicted molar refractivity (Wildman–Crippen MR) is 103 cm³/mol. The smallest absolute Gasteiger partial charge is 0.322 e. The average Bonchev–Trinajstić information content (AvgIpc) is 3.17. The van der Waals surface area contributed by atoms with E-state index in [9.17, 15) is 4.79 Å². The third-order valence-corrected chi connectivity index (χ3v) is 3.57. The predicted octanol–water partition coefficient (Wildman–Crippen LogP) is 3.55. The van der Waals surface area contributed by atoms with Crippen molar-refractivity contribution in [2.75, 3.05) is 25.1 Å². The van der Waals surface area contributed by atoms with Gasteiger partial charge in [0.05, 0.1) is 13.2 Å². The molecule has 1 amide bonds. The maximum Gasteiger partial charge on any atom is 0.322 e. The van der Waals surface area contributed by atoms with E-state index < -0.39 is 5.91 Å². The number of ether oxygens (including phenoxy) is 3. The van der Waals surface area contributed by atoms with Crippen molar-refractivity contribution in [3.8, 4) is 28.7 Å². The van der Waals surface area contributed by atoms with Gasteiger partial charge in [0.25, 0.3) is 5.91 Å². The van der Waals surface area contributed by atoms with Gasteiger partial charge in [-0.2, -0.15) is 0 Å². The Kier molecular flexibility index (Phi) is 6.46. The Balaban J connectivity index is 1.64. The molecule has 0 aliphatic heterocycles. The number of para-hydroxylation sites is 1. The van der Waals surface area contributed by atoms with E-state index in [1.807, 2.05) is 32.0 Å². The summed E-state index contributed by atoms with van der Waals surface area (Å²) < 4.78 is 22.0. The summed E-state index contributed by atoms with van der Waals surface area (Å²) in [5.41, 5.74) is 0.653. The van der Waals surface area contributed by atoms with Gasteiger partial charge in [-0.3, -0.25) is 10.1 Å². The number of nitrogens with one attached hydrogen (secondary N) is 1. The summed E-state index contributed by atoms with van der Waals surface area (Å²) in [6.45, 7) is 4.65. The van der Waals surface area contributed by atoms with E-state index in [0.717, 1.165) is 0 Å². The SMILES string of the molecule is CCOc1ccc(-c2nnc(NC(=O)COc3ccccc3)o2)cc1OCC. The van der Waals surface area contributed by atoms with E-state index in [-0.39, 0.29) is 18.5 Å². The number of aromatic nitrogens is 2. The lowest BCUT2D eigenvalue weighted by Crippen LogP contribution is -2.20. The maximum atomic E-state index is 12.0. The number of carbonyl (C=O) groups is 1. The van der Waals surface area contributed by atoms with Gasteiger partial charge >= 0.3 is 6.01 Å². The number of amides is 1. The lowest BCUT2D eigenvalue weighted by Gasteiger charge is -2.11. The number of benzene rings is 2. The minimum Gasteiger partial charge on any atom is -0.490 e. The summed E-state index contributed by atoms with van der Waals surface area (Å²) >= 11 is 0. The zero-order chi connectivity index (χ0) is 19.8. The second kappa shape index (κ2) is 9.40. The fourth-order valence-corrected chi connectivity index (χ4v) is 2.40. The molecule has 0 atom stereocenters. The third-order valence-electron chi connectivity index (χ3n) is 3.57. The zero-order valence-electron chi connectivity index (χ0n) is 15.7. The van der Waals surface area contributed by atoms with Crippen molar-refractivity contribution in [3.63, 3.8) is 0 Å². The molecule has 0 radical (unpaired) electrons. The van der Waals surface area contributed by atoms with Crippen LogP contribution >= 0.6 is 0 Å². The fourth-order valence-electron chi connectivity index (χ4n) is 2.40. The number of carbonyl (C=O) groups excluding carboxylic acids is 1. The highest BCUT2D eigenvalue weighted by molar-refractivity contribution is 5.89. The van der Waals surface area contributed by atoms with Gasteiger partial charge in [-0.25, -0.2) is 0 Å². The van der Waals surface area contributed by atoms with E-state index in [1.165, 1.54) is 0 Å². The monoisotopic (exact) mass is 383 g/mol. The standard InChI is InChI=1S/C20H21N3O5/c1-3-25-16-11-10-14(12-17(16)26-4-2)19-22-23-20(28-19)21-18(24)13-27-15-8-6-5-7-9-15/h5-12H,3-4,13H2,1-2H3,(H,21,23,24). The molecule has 3 aromatic rings. The van der Waals surface area contributed by atoms with Crippen LogP contribution in [-0.2, 0) is 4.79 Å². The first-order chi connectivity index (χ1) is 13.7. The van der Waals surface area contributed by atoms with E-state index in [4.69, 9.17) is 18.6 Å². The summed E-state index contributed by atoms with van der Waals surface area (Å²) in [5.74, 6) is 1.67. The summed E-state index contributed by atoms with van der Waals surface area (Å²) in [5, 5.41) is 10.3. The van der Waals surface area contributed by atoms with Crippen molar-refractivity contribution in [3.05, 3.63) is 48.5 Å². The lowest BCUT2D eigenvalue weighted by molar-refractivity contribution is -0.118. The topological polar surface area (TPSA) is 95.7 Å². The molecule has 0 fully saturated rings. The number of anilines is 1. The van der Waals surface area contributed by atoms with E-state index in [0.29, 0.717) is 36.0 Å². The van der Waals surface area contributed by atoms with Crippen LogP contribution in [0.2, 0.25) is 0 Å². The van der Waals surface area contributed by atoms with Gasteiger partial charge in [0.1, 0.15) is 5.75 Å². The van der Waals surface area contributed by atoms with Crippen LogP contribution < -0.4 is 19.5 Å². The molecule has 1 aromatic heterocycles. The first kappa shape index (κ1) is 19.2. The van der Waals surface area contributed by atoms with Gasteiger partial charge in [-0.1, -0.05) is 23.3 Å². The van der Waals surface area contributed by atoms with Crippen LogP contribution in [0.15, 0.2) is 52.9 Å². The summed E-state index contributed by atoms with van der Waals surface area (Å²) in [4.78, 5) is 12.0. The van der Waals surface area contributed by atoms with Gasteiger partial charge in [0.15, 0.2) is 18.1 Å². The van der Waals surface area contributed by atoms with Crippen LogP contribution in [0.4, 0.5) is 6.01 Å². The molecule has 0 aliphatic carbocycles. The van der Waals surface area contributed by atoms with Crippen LogP contribution in [0.3, 0.4) is 0 Å². The molecular weight excluding hydrogens is 362 g/mol. The number of hydrogen-bond acceptors (Lipinski definition) is 7. The molecule has 2 aromatic carbocycles. The van der Waals surface area contributed by atoms with Crippen LogP contribution in [-0.4, -0.2) is 35.9 Å². The van der Waals surface area contributed by atoms with Crippen molar-refractivity contribution < 1.29 is 23.4 Å². The highest BCUT2D eigenvalue weighted by atomic mass is 16.5. The summed E-state index contributed by atoms with van der Waals surface area (Å²) in [7, 11) is 0. The highest BCUT2D eigenvalue weighted by Gasteiger charge is 2.14. The molecule has 28 heavy (non-hydrogen) atoms. The van der Waals surface area contributed by atoms with Crippen LogP contribution in [0.25, 0.3) is 11.5 Å². The molecule has 0 saturated heterocycles. The molecule has 0 spiro atoms. The quantitative estimate of drug-likeness (QED) is 0.603. The molecule has 0 aliphatic rings. The zero-order valence-corrected chi connectivity index (χ0v) is 15.7. The van der Waals surface area contributed by atoms with Crippen molar-refractivity contribution in [1.82, 2.24) is 10.2 Å². The Hall–Kier alpha value is -3.55. The van der Waals surface area contributed by atoms with Gasteiger partial charge in [-0.05, 0) is 44.2 Å². The third kappa shape index (κ3) is 5.00. The molecule has 0 saturated carbocycles. The fraction of sp³-hybridized carbons (Fsp3) is 0.250. The number of rotatable bonds is 9. The van der Waals surface area contributed by atoms with Crippen LogP contribution in [0.5, 0.6) is 17.2 Å². The van der Waals surface area contributed by atoms with Crippen molar-refractivity contribution in [2.24, 2.45) is 0 Å². The van der Waals surface area contributed by atoms with Crippen LogP contribution in [0, 0.1) is 0 Å². The molecule has 1 heterocycles. The van der Waals surface area contributed by atoms with Gasteiger partial charge < -0.3 is 18.6 Å². The largest absolute Gasteiger partial charge is 0.490 e. The molecule has 0 bridgehead atoms. The minimum absolute atomic E-state index is 0.0106. The Morgan fingerprint density at radius 2 is 1.71 bits per heavy atom. The normalized spacial score (nSPS) is 10.4. The Labute approximate surface area is 162 Å². The van der Waals surface area contributed by atoms with E-state index >= 15 is 0 Å². The molecular formula is C20H21N3O5. The highest BCUT2D eigenvalue weighted by Crippen LogP contribution is 2.32. The second-order valence-electron chi connectivity index (χ2n) is 5.59. The van der Waals surface area contributed by atoms with E-state index in [2.05, 4.69) is 15.5 Å². The molecule has 146 valence electrons. The van der Waals surface area contributed by atoms with Crippen molar-refractivity contribution in [1.29, 1.82) is 0 Å². The van der Waals surface area contributed by atoms with E-state index in [1.54, 1.807) is 30.3 Å². The van der Waals surface area contributed by atoms with Gasteiger partial charge in [0, 0.05) is 5.56 Å². The minimum atomic E-state index is -0.402. The first-order valence-corrected chi connectivity index (χ1v) is 8.90. The molecule has 8 nitrogen and oxygen atoms in total. The first-order valence-electron chi connectivity index (χ1n) is 8.90. The van der Waals surface area contributed by atoms with Crippen molar-refractivity contribution >= 4 is 11.9 Å².